The van der Waals surface area contributed by atoms with Gasteiger partial charge in [0.2, 0.25) is 0 Å². The molecule has 3 nitrogen and oxygen atoms in total. The summed E-state index contributed by atoms with van der Waals surface area (Å²) in [4.78, 5) is 12.3. The molecule has 3 rings (SSSR count). The van der Waals surface area contributed by atoms with Crippen molar-refractivity contribution in [2.24, 2.45) is 5.92 Å². The van der Waals surface area contributed by atoms with Gasteiger partial charge in [-0.25, -0.2) is 4.39 Å². The average Bonchev–Trinajstić information content (AvgIpc) is 2.98. The number of carbonyl (C=O) groups is 1. The van der Waals surface area contributed by atoms with Crippen LogP contribution in [-0.2, 0) is 4.74 Å². The van der Waals surface area contributed by atoms with E-state index in [2.05, 4.69) is 31.0 Å². The van der Waals surface area contributed by atoms with E-state index in [0.717, 1.165) is 24.8 Å². The molecule has 2 atom stereocenters. The Labute approximate surface area is 155 Å². The Kier molecular flexibility index (Phi) is 5.78. The number of ether oxygens (including phenoxy) is 1. The minimum Gasteiger partial charge on any atom is -0.375 e. The van der Waals surface area contributed by atoms with E-state index in [9.17, 15) is 9.18 Å². The number of allylic oxidation sites excluding steroid dienone is 2. The van der Waals surface area contributed by atoms with Gasteiger partial charge >= 0.3 is 0 Å². The van der Waals surface area contributed by atoms with Crippen molar-refractivity contribution >= 4 is 5.91 Å². The molecule has 0 bridgehead atoms. The number of amides is 1. The summed E-state index contributed by atoms with van der Waals surface area (Å²) in [5, 5.41) is 2.97. The zero-order valence-corrected chi connectivity index (χ0v) is 15.5. The first kappa shape index (κ1) is 18.7. The number of rotatable bonds is 3. The molecule has 26 heavy (non-hydrogen) atoms. The normalized spacial score (nSPS) is 24.3. The minimum atomic E-state index is -0.939. The first-order valence-electron chi connectivity index (χ1n) is 9.31. The summed E-state index contributed by atoms with van der Waals surface area (Å²) in [5.41, 5.74) is 1.88. The number of benzene rings is 1. The number of alkyl halides is 1. The monoisotopic (exact) mass is 355 g/mol. The van der Waals surface area contributed by atoms with Crippen LogP contribution in [0, 0.1) is 17.8 Å². The lowest BCUT2D eigenvalue weighted by Crippen LogP contribution is -2.30. The number of nitrogens with one attached hydrogen (secondary N) is 1. The van der Waals surface area contributed by atoms with E-state index in [0.29, 0.717) is 36.6 Å². The number of carbonyl (C=O) groups excluding carboxylic acids is 1. The molecule has 1 aromatic carbocycles. The lowest BCUT2D eigenvalue weighted by Gasteiger charge is -2.15. The summed E-state index contributed by atoms with van der Waals surface area (Å²) >= 11 is 0. The van der Waals surface area contributed by atoms with Crippen molar-refractivity contribution < 1.29 is 13.9 Å². The van der Waals surface area contributed by atoms with Gasteiger partial charge in [0.05, 0.1) is 12.2 Å². The molecule has 1 N–H and O–H groups in total. The van der Waals surface area contributed by atoms with Gasteiger partial charge in [-0.3, -0.25) is 4.79 Å². The zero-order valence-electron chi connectivity index (χ0n) is 15.5. The molecule has 0 spiro atoms. The van der Waals surface area contributed by atoms with Crippen molar-refractivity contribution in [3.8, 4) is 11.8 Å². The van der Waals surface area contributed by atoms with Crippen LogP contribution in [0.3, 0.4) is 0 Å². The van der Waals surface area contributed by atoms with Gasteiger partial charge in [-0.2, -0.15) is 0 Å². The Morgan fingerprint density at radius 1 is 1.31 bits per heavy atom. The van der Waals surface area contributed by atoms with Crippen LogP contribution < -0.4 is 5.32 Å². The molecule has 138 valence electrons. The minimum absolute atomic E-state index is 0.0898. The lowest BCUT2D eigenvalue weighted by atomic mass is 9.97. The van der Waals surface area contributed by atoms with Gasteiger partial charge in [0.15, 0.2) is 0 Å². The summed E-state index contributed by atoms with van der Waals surface area (Å²) in [7, 11) is 0. The fraction of sp³-hybridized carbons (Fsp3) is 0.500. The zero-order chi connectivity index (χ0) is 18.6. The Morgan fingerprint density at radius 3 is 2.73 bits per heavy atom. The van der Waals surface area contributed by atoms with Crippen molar-refractivity contribution in [3.05, 3.63) is 47.0 Å². The number of hydrogen-bond donors (Lipinski definition) is 1. The van der Waals surface area contributed by atoms with Crippen molar-refractivity contribution in [2.45, 2.75) is 51.3 Å². The molecule has 1 aliphatic carbocycles. The van der Waals surface area contributed by atoms with E-state index in [1.807, 2.05) is 6.08 Å². The van der Waals surface area contributed by atoms with E-state index < -0.39 is 6.17 Å². The van der Waals surface area contributed by atoms with Crippen molar-refractivity contribution in [3.63, 3.8) is 0 Å². The van der Waals surface area contributed by atoms with Gasteiger partial charge in [0.25, 0.3) is 5.91 Å². The highest BCUT2D eigenvalue weighted by molar-refractivity contribution is 5.94. The first-order chi connectivity index (χ1) is 12.4. The molecule has 0 saturated carbocycles. The quantitative estimate of drug-likeness (QED) is 0.832. The Morgan fingerprint density at radius 2 is 2.08 bits per heavy atom. The molecular formula is C22H26FNO2. The number of halogens is 1. The Hall–Kier alpha value is -2.12. The van der Waals surface area contributed by atoms with E-state index >= 15 is 0 Å². The second-order valence-electron chi connectivity index (χ2n) is 7.74. The van der Waals surface area contributed by atoms with Crippen LogP contribution in [0.5, 0.6) is 0 Å². The summed E-state index contributed by atoms with van der Waals surface area (Å²) in [5.74, 6) is 6.19. The van der Waals surface area contributed by atoms with Gasteiger partial charge in [-0.15, -0.1) is 0 Å². The maximum absolute atomic E-state index is 13.7. The predicted molar refractivity (Wildman–Crippen MR) is 101 cm³/mol. The molecular weight excluding hydrogens is 329 g/mol. The highest BCUT2D eigenvalue weighted by atomic mass is 19.1. The van der Waals surface area contributed by atoms with Crippen LogP contribution in [0.1, 0.15) is 55.5 Å². The summed E-state index contributed by atoms with van der Waals surface area (Å²) in [6, 6.07) is 7.13. The second kappa shape index (κ2) is 8.05. The van der Waals surface area contributed by atoms with E-state index in [4.69, 9.17) is 4.74 Å². The molecule has 1 aliphatic heterocycles. The fourth-order valence-corrected chi connectivity index (χ4v) is 3.44. The first-order valence-corrected chi connectivity index (χ1v) is 9.31. The van der Waals surface area contributed by atoms with E-state index in [1.54, 1.807) is 24.3 Å². The average molecular weight is 355 g/mol. The van der Waals surface area contributed by atoms with Gasteiger partial charge in [0.1, 0.15) is 6.17 Å². The third kappa shape index (κ3) is 4.95. The van der Waals surface area contributed by atoms with Crippen molar-refractivity contribution in [1.82, 2.24) is 5.32 Å². The van der Waals surface area contributed by atoms with Crippen LogP contribution in [-0.4, -0.2) is 30.8 Å². The van der Waals surface area contributed by atoms with Crippen LogP contribution in [0.2, 0.25) is 0 Å². The van der Waals surface area contributed by atoms with Crippen molar-refractivity contribution in [2.75, 3.05) is 13.2 Å². The maximum atomic E-state index is 13.7. The third-order valence-electron chi connectivity index (χ3n) is 4.90. The molecule has 1 amide bonds. The SMILES string of the molecule is CC1(C)CC(CNC(=O)c2ccc(C#CC3=CCCCC3F)cc2)CO1. The Bertz CT molecular complexity index is 740. The van der Waals surface area contributed by atoms with E-state index in [-0.39, 0.29) is 11.5 Å². The highest BCUT2D eigenvalue weighted by Gasteiger charge is 2.31. The van der Waals surface area contributed by atoms with Gasteiger partial charge < -0.3 is 10.1 Å². The molecule has 1 fully saturated rings. The van der Waals surface area contributed by atoms with Gasteiger partial charge in [-0.05, 0) is 63.8 Å². The van der Waals surface area contributed by atoms with E-state index in [1.165, 1.54) is 0 Å². The van der Waals surface area contributed by atoms with Crippen molar-refractivity contribution in [1.29, 1.82) is 0 Å². The largest absolute Gasteiger partial charge is 0.375 e. The number of hydrogen-bond acceptors (Lipinski definition) is 2. The molecule has 0 aromatic heterocycles. The molecule has 4 heteroatoms. The summed E-state index contributed by atoms with van der Waals surface area (Å²) in [6.45, 7) is 5.45. The molecule has 2 aliphatic rings. The summed E-state index contributed by atoms with van der Waals surface area (Å²) < 4.78 is 19.4. The standard InChI is InChI=1S/C22H26FNO2/c1-22(2)13-17(15-26-22)14-24-21(25)19-11-8-16(9-12-19)7-10-18-5-3-4-6-20(18)23/h5,8-9,11-12,17,20H,3-4,6,13-15H2,1-2H3,(H,24,25). The molecule has 0 radical (unpaired) electrons. The summed E-state index contributed by atoms with van der Waals surface area (Å²) in [6.07, 6.45) is 4.24. The smallest absolute Gasteiger partial charge is 0.251 e. The molecule has 1 heterocycles. The Balaban J connectivity index is 1.54. The lowest BCUT2D eigenvalue weighted by molar-refractivity contribution is 0.0350. The highest BCUT2D eigenvalue weighted by Crippen LogP contribution is 2.28. The van der Waals surface area contributed by atoms with Crippen LogP contribution in [0.25, 0.3) is 0 Å². The van der Waals surface area contributed by atoms with Crippen LogP contribution in [0.15, 0.2) is 35.9 Å². The van der Waals surface area contributed by atoms with Crippen LogP contribution in [0.4, 0.5) is 4.39 Å². The topological polar surface area (TPSA) is 38.3 Å². The van der Waals surface area contributed by atoms with Crippen LogP contribution >= 0.6 is 0 Å². The molecule has 2 unspecified atom stereocenters. The second-order valence-corrected chi connectivity index (χ2v) is 7.74. The molecule has 1 aromatic rings. The molecule has 1 saturated heterocycles. The third-order valence-corrected chi connectivity index (χ3v) is 4.90. The fourth-order valence-electron chi connectivity index (χ4n) is 3.44. The van der Waals surface area contributed by atoms with Gasteiger partial charge in [-0.1, -0.05) is 17.9 Å². The van der Waals surface area contributed by atoms with Gasteiger partial charge in [0, 0.05) is 29.2 Å². The maximum Gasteiger partial charge on any atom is 0.251 e. The predicted octanol–water partition coefficient (Wildman–Crippen LogP) is 4.03.